The lowest BCUT2D eigenvalue weighted by Crippen LogP contribution is -2.10. The molecule has 0 aliphatic rings. The van der Waals surface area contributed by atoms with E-state index in [0.29, 0.717) is 0 Å². The topological polar surface area (TPSA) is 0 Å². The van der Waals surface area contributed by atoms with Crippen molar-refractivity contribution >= 4 is 11.8 Å². The van der Waals surface area contributed by atoms with E-state index in [1.165, 1.54) is 16.7 Å². The van der Waals surface area contributed by atoms with Crippen LogP contribution in [0.4, 0.5) is 0 Å². The SMILES string of the molecule is CC(C)(C)c1ccc(CSCc2ccccc2)cc1. The molecule has 0 nitrogen and oxygen atoms in total. The molecule has 0 saturated carbocycles. The predicted octanol–water partition coefficient (Wildman–Crippen LogP) is 5.42. The summed E-state index contributed by atoms with van der Waals surface area (Å²) in [6, 6.07) is 19.7. The van der Waals surface area contributed by atoms with Gasteiger partial charge in [0.15, 0.2) is 0 Å². The summed E-state index contributed by atoms with van der Waals surface area (Å²) in [6.45, 7) is 6.77. The van der Waals surface area contributed by atoms with E-state index in [9.17, 15) is 0 Å². The molecule has 0 unspecified atom stereocenters. The van der Waals surface area contributed by atoms with Gasteiger partial charge in [0, 0.05) is 11.5 Å². The van der Waals surface area contributed by atoms with Crippen molar-refractivity contribution in [2.75, 3.05) is 0 Å². The van der Waals surface area contributed by atoms with Crippen LogP contribution in [0.5, 0.6) is 0 Å². The Balaban J connectivity index is 1.87. The third-order valence-electron chi connectivity index (χ3n) is 3.20. The van der Waals surface area contributed by atoms with Crippen LogP contribution >= 0.6 is 11.8 Å². The minimum atomic E-state index is 0.246. The van der Waals surface area contributed by atoms with Crippen molar-refractivity contribution in [2.45, 2.75) is 37.7 Å². The largest absolute Gasteiger partial charge is 0.152 e. The van der Waals surface area contributed by atoms with Gasteiger partial charge in [0.1, 0.15) is 0 Å². The zero-order chi connectivity index (χ0) is 13.7. The number of hydrogen-bond donors (Lipinski definition) is 0. The van der Waals surface area contributed by atoms with Crippen molar-refractivity contribution in [3.05, 3.63) is 71.3 Å². The van der Waals surface area contributed by atoms with Gasteiger partial charge in [-0.3, -0.25) is 0 Å². The van der Waals surface area contributed by atoms with Gasteiger partial charge in [-0.25, -0.2) is 0 Å². The fourth-order valence-corrected chi connectivity index (χ4v) is 2.92. The van der Waals surface area contributed by atoms with Crippen LogP contribution in [0.2, 0.25) is 0 Å². The number of benzene rings is 2. The van der Waals surface area contributed by atoms with E-state index in [4.69, 9.17) is 0 Å². The summed E-state index contributed by atoms with van der Waals surface area (Å²) in [5, 5.41) is 0. The van der Waals surface area contributed by atoms with E-state index >= 15 is 0 Å². The monoisotopic (exact) mass is 270 g/mol. The molecule has 0 aliphatic heterocycles. The van der Waals surface area contributed by atoms with Crippen molar-refractivity contribution in [3.63, 3.8) is 0 Å². The summed E-state index contributed by atoms with van der Waals surface area (Å²) in [5.74, 6) is 2.17. The van der Waals surface area contributed by atoms with Crippen molar-refractivity contribution in [1.82, 2.24) is 0 Å². The summed E-state index contributed by atoms with van der Waals surface area (Å²) in [5.41, 5.74) is 4.47. The maximum Gasteiger partial charge on any atom is 0.0187 e. The number of thioether (sulfide) groups is 1. The molecule has 100 valence electrons. The predicted molar refractivity (Wildman–Crippen MR) is 86.6 cm³/mol. The third-order valence-corrected chi connectivity index (χ3v) is 4.28. The first-order valence-corrected chi connectivity index (χ1v) is 7.92. The van der Waals surface area contributed by atoms with Crippen LogP contribution in [0.25, 0.3) is 0 Å². The van der Waals surface area contributed by atoms with Crippen molar-refractivity contribution < 1.29 is 0 Å². The molecule has 0 bridgehead atoms. The average molecular weight is 270 g/mol. The van der Waals surface area contributed by atoms with Gasteiger partial charge < -0.3 is 0 Å². The van der Waals surface area contributed by atoms with Gasteiger partial charge >= 0.3 is 0 Å². The van der Waals surface area contributed by atoms with Crippen LogP contribution < -0.4 is 0 Å². The maximum absolute atomic E-state index is 2.26. The molecule has 0 amide bonds. The van der Waals surface area contributed by atoms with Crippen molar-refractivity contribution in [2.24, 2.45) is 0 Å². The fourth-order valence-electron chi connectivity index (χ4n) is 1.96. The van der Waals surface area contributed by atoms with E-state index < -0.39 is 0 Å². The molecule has 0 N–H and O–H groups in total. The zero-order valence-corrected chi connectivity index (χ0v) is 12.8. The van der Waals surface area contributed by atoms with Gasteiger partial charge in [-0.2, -0.15) is 11.8 Å². The molecule has 2 rings (SSSR count). The highest BCUT2D eigenvalue weighted by Gasteiger charge is 2.12. The first kappa shape index (κ1) is 14.2. The highest BCUT2D eigenvalue weighted by molar-refractivity contribution is 7.97. The molecule has 0 fully saturated rings. The highest BCUT2D eigenvalue weighted by atomic mass is 32.2. The normalized spacial score (nSPS) is 11.5. The molecule has 0 spiro atoms. The Morgan fingerprint density at radius 3 is 1.79 bits per heavy atom. The van der Waals surface area contributed by atoms with E-state index in [0.717, 1.165) is 11.5 Å². The fraction of sp³-hybridized carbons (Fsp3) is 0.333. The molecule has 0 radical (unpaired) electrons. The second-order valence-corrected chi connectivity index (χ2v) is 6.91. The van der Waals surface area contributed by atoms with Gasteiger partial charge in [0.05, 0.1) is 0 Å². The van der Waals surface area contributed by atoms with E-state index in [1.807, 2.05) is 11.8 Å². The Kier molecular flexibility index (Phi) is 4.71. The van der Waals surface area contributed by atoms with E-state index in [-0.39, 0.29) is 5.41 Å². The Labute approximate surface area is 121 Å². The van der Waals surface area contributed by atoms with Gasteiger partial charge in [0.2, 0.25) is 0 Å². The summed E-state index contributed by atoms with van der Waals surface area (Å²) in [4.78, 5) is 0. The second-order valence-electron chi connectivity index (χ2n) is 5.93. The zero-order valence-electron chi connectivity index (χ0n) is 12.0. The van der Waals surface area contributed by atoms with Gasteiger partial charge in [0.25, 0.3) is 0 Å². The van der Waals surface area contributed by atoms with Crippen LogP contribution in [0.1, 0.15) is 37.5 Å². The smallest absolute Gasteiger partial charge is 0.0187 e. The minimum absolute atomic E-state index is 0.246. The summed E-state index contributed by atoms with van der Waals surface area (Å²) < 4.78 is 0. The van der Waals surface area contributed by atoms with Crippen LogP contribution in [-0.4, -0.2) is 0 Å². The molecule has 0 heterocycles. The lowest BCUT2D eigenvalue weighted by Gasteiger charge is -2.19. The quantitative estimate of drug-likeness (QED) is 0.715. The van der Waals surface area contributed by atoms with E-state index in [1.54, 1.807) is 0 Å². The molecule has 0 atom stereocenters. The van der Waals surface area contributed by atoms with E-state index in [2.05, 4.69) is 75.4 Å². The summed E-state index contributed by atoms with van der Waals surface area (Å²) >= 11 is 1.97. The second kappa shape index (κ2) is 6.29. The van der Waals surface area contributed by atoms with Crippen LogP contribution in [0.15, 0.2) is 54.6 Å². The molecule has 2 aromatic rings. The first-order chi connectivity index (χ1) is 9.05. The van der Waals surface area contributed by atoms with Crippen LogP contribution in [0.3, 0.4) is 0 Å². The first-order valence-electron chi connectivity index (χ1n) is 6.77. The van der Waals surface area contributed by atoms with Crippen molar-refractivity contribution in [3.8, 4) is 0 Å². The molecule has 0 aromatic heterocycles. The summed E-state index contributed by atoms with van der Waals surface area (Å²) in [6.07, 6.45) is 0. The molecule has 2 aromatic carbocycles. The van der Waals surface area contributed by atoms with Crippen LogP contribution in [-0.2, 0) is 16.9 Å². The average Bonchev–Trinajstić information content (AvgIpc) is 2.39. The molecular formula is C18H22S. The Bertz CT molecular complexity index is 491. The molecule has 0 saturated heterocycles. The van der Waals surface area contributed by atoms with Gasteiger partial charge in [-0.1, -0.05) is 75.4 Å². The Hall–Kier alpha value is -1.21. The standard InChI is InChI=1S/C18H22S/c1-18(2,3)17-11-9-16(10-12-17)14-19-13-15-7-5-4-6-8-15/h4-12H,13-14H2,1-3H3. The maximum atomic E-state index is 2.26. The van der Waals surface area contributed by atoms with Crippen molar-refractivity contribution in [1.29, 1.82) is 0 Å². The third kappa shape index (κ3) is 4.43. The van der Waals surface area contributed by atoms with Gasteiger partial charge in [-0.05, 0) is 22.1 Å². The number of rotatable bonds is 4. The molecular weight excluding hydrogens is 248 g/mol. The molecule has 19 heavy (non-hydrogen) atoms. The van der Waals surface area contributed by atoms with Crippen LogP contribution in [0, 0.1) is 0 Å². The highest BCUT2D eigenvalue weighted by Crippen LogP contribution is 2.24. The summed E-state index contributed by atoms with van der Waals surface area (Å²) in [7, 11) is 0. The Morgan fingerprint density at radius 1 is 0.737 bits per heavy atom. The number of hydrogen-bond acceptors (Lipinski definition) is 1. The molecule has 1 heteroatoms. The Morgan fingerprint density at radius 2 is 1.26 bits per heavy atom. The van der Waals surface area contributed by atoms with Gasteiger partial charge in [-0.15, -0.1) is 0 Å². The molecule has 0 aliphatic carbocycles. The lowest BCUT2D eigenvalue weighted by atomic mass is 9.87. The lowest BCUT2D eigenvalue weighted by molar-refractivity contribution is 0.590. The minimum Gasteiger partial charge on any atom is -0.152 e.